The van der Waals surface area contributed by atoms with Crippen LogP contribution >= 0.6 is 0 Å². The predicted octanol–water partition coefficient (Wildman–Crippen LogP) is 3.94. The summed E-state index contributed by atoms with van der Waals surface area (Å²) >= 11 is 0. The average Bonchev–Trinajstić information content (AvgIpc) is 2.37. The van der Waals surface area contributed by atoms with Crippen molar-refractivity contribution in [2.45, 2.75) is 64.7 Å². The maximum Gasteiger partial charge on any atom is 0.0431 e. The third-order valence-electron chi connectivity index (χ3n) is 4.71. The van der Waals surface area contributed by atoms with Crippen LogP contribution in [0.4, 0.5) is 0 Å². The number of nitrogens with two attached hydrogens (primary N) is 1. The molecule has 118 valence electrons. The Morgan fingerprint density at radius 1 is 1.24 bits per heavy atom. The van der Waals surface area contributed by atoms with Gasteiger partial charge in [0.1, 0.15) is 0 Å². The number of benzene rings is 1. The summed E-state index contributed by atoms with van der Waals surface area (Å²) in [5, 5.41) is 0.353. The summed E-state index contributed by atoms with van der Waals surface area (Å²) in [4.78, 5) is 0. The molecule has 0 heterocycles. The molecule has 4 unspecified atom stereocenters. The molecule has 2 rings (SSSR count). The average molecular weight is 308 g/mol. The van der Waals surface area contributed by atoms with Crippen LogP contribution in [0.25, 0.3) is 0 Å². The Bertz CT molecular complexity index is 503. The molecule has 2 nitrogen and oxygen atoms in total. The molecule has 1 fully saturated rings. The standard InChI is InChI=1S/C18H29NOS/c1-12-6-5-7-16(10-12)21(20)11-17(19)18-14(3)8-13(2)9-15(18)4/h8-9,12,16-17H,5-7,10-11,19H2,1-4H3. The van der Waals surface area contributed by atoms with E-state index in [1.165, 1.54) is 35.1 Å². The zero-order valence-corrected chi connectivity index (χ0v) is 14.6. The molecule has 3 heteroatoms. The van der Waals surface area contributed by atoms with Crippen LogP contribution in [-0.2, 0) is 10.8 Å². The summed E-state index contributed by atoms with van der Waals surface area (Å²) < 4.78 is 12.6. The number of rotatable bonds is 4. The van der Waals surface area contributed by atoms with Crippen molar-refractivity contribution in [1.82, 2.24) is 0 Å². The van der Waals surface area contributed by atoms with E-state index in [0.29, 0.717) is 16.9 Å². The minimum Gasteiger partial charge on any atom is -0.323 e. The maximum absolute atomic E-state index is 12.6. The lowest BCUT2D eigenvalue weighted by atomic mass is 9.90. The van der Waals surface area contributed by atoms with Crippen molar-refractivity contribution in [3.8, 4) is 0 Å². The number of hydrogen-bond acceptors (Lipinski definition) is 2. The van der Waals surface area contributed by atoms with Crippen molar-refractivity contribution in [2.24, 2.45) is 11.7 Å². The molecule has 0 saturated heterocycles. The van der Waals surface area contributed by atoms with Crippen LogP contribution < -0.4 is 5.73 Å². The van der Waals surface area contributed by atoms with E-state index in [2.05, 4.69) is 39.8 Å². The summed E-state index contributed by atoms with van der Waals surface area (Å²) in [6.45, 7) is 8.61. The van der Waals surface area contributed by atoms with Crippen LogP contribution in [0.3, 0.4) is 0 Å². The van der Waals surface area contributed by atoms with E-state index in [-0.39, 0.29) is 6.04 Å². The van der Waals surface area contributed by atoms with E-state index in [1.807, 2.05) is 0 Å². The first-order chi connectivity index (χ1) is 9.88. The lowest BCUT2D eigenvalue weighted by Gasteiger charge is -2.27. The molecule has 0 spiro atoms. The summed E-state index contributed by atoms with van der Waals surface area (Å²) in [5.41, 5.74) is 11.3. The van der Waals surface area contributed by atoms with Crippen LogP contribution in [0, 0.1) is 26.7 Å². The van der Waals surface area contributed by atoms with Crippen LogP contribution in [0.2, 0.25) is 0 Å². The van der Waals surface area contributed by atoms with Gasteiger partial charge < -0.3 is 5.73 Å². The first-order valence-electron chi connectivity index (χ1n) is 8.09. The first-order valence-corrected chi connectivity index (χ1v) is 9.47. The van der Waals surface area contributed by atoms with E-state index in [9.17, 15) is 4.21 Å². The normalized spacial score (nSPS) is 25.6. The Hall–Kier alpha value is -0.670. The molecule has 0 aliphatic heterocycles. The van der Waals surface area contributed by atoms with Crippen LogP contribution in [0.5, 0.6) is 0 Å². The molecule has 1 aliphatic rings. The minimum absolute atomic E-state index is 0.108. The Kier molecular flexibility index (Phi) is 5.61. The molecule has 1 saturated carbocycles. The molecule has 2 N–H and O–H groups in total. The van der Waals surface area contributed by atoms with Gasteiger partial charge in [0.15, 0.2) is 0 Å². The minimum atomic E-state index is -0.805. The Labute approximate surface area is 132 Å². The zero-order chi connectivity index (χ0) is 15.6. The lowest BCUT2D eigenvalue weighted by Crippen LogP contribution is -2.29. The smallest absolute Gasteiger partial charge is 0.0431 e. The first kappa shape index (κ1) is 16.7. The summed E-state index contributed by atoms with van der Waals surface area (Å²) in [7, 11) is -0.805. The van der Waals surface area contributed by atoms with Gasteiger partial charge in [-0.3, -0.25) is 4.21 Å². The van der Waals surface area contributed by atoms with Gasteiger partial charge in [0.05, 0.1) is 0 Å². The van der Waals surface area contributed by atoms with Crippen molar-refractivity contribution in [1.29, 1.82) is 0 Å². The number of aryl methyl sites for hydroxylation is 3. The largest absolute Gasteiger partial charge is 0.323 e. The Balaban J connectivity index is 2.07. The highest BCUT2D eigenvalue weighted by Gasteiger charge is 2.26. The van der Waals surface area contributed by atoms with Crippen LogP contribution in [0.1, 0.15) is 60.9 Å². The lowest BCUT2D eigenvalue weighted by molar-refractivity contribution is 0.389. The van der Waals surface area contributed by atoms with Gasteiger partial charge in [-0.25, -0.2) is 0 Å². The fourth-order valence-electron chi connectivity index (χ4n) is 3.79. The van der Waals surface area contributed by atoms with Gasteiger partial charge in [-0.1, -0.05) is 37.5 Å². The quantitative estimate of drug-likeness (QED) is 0.915. The summed E-state index contributed by atoms with van der Waals surface area (Å²) in [6, 6.07) is 4.24. The number of hydrogen-bond donors (Lipinski definition) is 1. The van der Waals surface area contributed by atoms with Crippen molar-refractivity contribution in [2.75, 3.05) is 5.75 Å². The Morgan fingerprint density at radius 2 is 1.86 bits per heavy atom. The molecule has 1 aromatic carbocycles. The molecule has 0 radical (unpaired) electrons. The molecule has 21 heavy (non-hydrogen) atoms. The third-order valence-corrected chi connectivity index (χ3v) is 6.57. The molecular formula is C18H29NOS. The molecule has 1 aromatic rings. The molecule has 0 bridgehead atoms. The van der Waals surface area contributed by atoms with E-state index in [1.54, 1.807) is 0 Å². The van der Waals surface area contributed by atoms with Gasteiger partial charge in [-0.15, -0.1) is 0 Å². The van der Waals surface area contributed by atoms with E-state index < -0.39 is 10.8 Å². The van der Waals surface area contributed by atoms with Gasteiger partial charge in [0.25, 0.3) is 0 Å². The second-order valence-electron chi connectivity index (χ2n) is 6.86. The molecule has 4 atom stereocenters. The third kappa shape index (κ3) is 4.17. The topological polar surface area (TPSA) is 43.1 Å². The van der Waals surface area contributed by atoms with Crippen molar-refractivity contribution in [3.63, 3.8) is 0 Å². The van der Waals surface area contributed by atoms with Gasteiger partial charge >= 0.3 is 0 Å². The van der Waals surface area contributed by atoms with Gasteiger partial charge in [0.2, 0.25) is 0 Å². The van der Waals surface area contributed by atoms with Crippen molar-refractivity contribution in [3.05, 3.63) is 34.4 Å². The maximum atomic E-state index is 12.6. The van der Waals surface area contributed by atoms with Gasteiger partial charge in [0, 0.05) is 27.8 Å². The SMILES string of the molecule is Cc1cc(C)c(C(N)CS(=O)C2CCCC(C)C2)c(C)c1. The highest BCUT2D eigenvalue weighted by atomic mass is 32.2. The second-order valence-corrected chi connectivity index (χ2v) is 8.62. The van der Waals surface area contributed by atoms with E-state index >= 15 is 0 Å². The van der Waals surface area contributed by atoms with Crippen LogP contribution in [0.15, 0.2) is 12.1 Å². The second kappa shape index (κ2) is 7.06. The monoisotopic (exact) mass is 307 g/mol. The molecule has 1 aliphatic carbocycles. The van der Waals surface area contributed by atoms with E-state index in [4.69, 9.17) is 5.73 Å². The predicted molar refractivity (Wildman–Crippen MR) is 92.0 cm³/mol. The molecule has 0 aromatic heterocycles. The van der Waals surface area contributed by atoms with Crippen molar-refractivity contribution < 1.29 is 4.21 Å². The summed E-state index contributed by atoms with van der Waals surface area (Å²) in [6.07, 6.45) is 4.71. The fraction of sp³-hybridized carbons (Fsp3) is 0.667. The highest BCUT2D eigenvalue weighted by Crippen LogP contribution is 2.29. The molecular weight excluding hydrogens is 278 g/mol. The summed E-state index contributed by atoms with van der Waals surface area (Å²) in [5.74, 6) is 1.31. The van der Waals surface area contributed by atoms with Crippen LogP contribution in [-0.4, -0.2) is 15.2 Å². The fourth-order valence-corrected chi connectivity index (χ4v) is 5.56. The highest BCUT2D eigenvalue weighted by molar-refractivity contribution is 7.85. The molecule has 0 amide bonds. The van der Waals surface area contributed by atoms with E-state index in [0.717, 1.165) is 12.8 Å². The van der Waals surface area contributed by atoms with Gasteiger partial charge in [-0.2, -0.15) is 0 Å². The zero-order valence-electron chi connectivity index (χ0n) is 13.8. The Morgan fingerprint density at radius 3 is 2.43 bits per heavy atom. The van der Waals surface area contributed by atoms with Gasteiger partial charge in [-0.05, 0) is 56.2 Å². The van der Waals surface area contributed by atoms with Crippen molar-refractivity contribution >= 4 is 10.8 Å².